The lowest BCUT2D eigenvalue weighted by Gasteiger charge is -1.98. The third-order valence-electron chi connectivity index (χ3n) is 2.34. The van der Waals surface area contributed by atoms with Gasteiger partial charge in [-0.3, -0.25) is 0 Å². The molecule has 0 spiro atoms. The van der Waals surface area contributed by atoms with E-state index in [1.54, 1.807) is 12.1 Å². The van der Waals surface area contributed by atoms with E-state index in [0.29, 0.717) is 17.9 Å². The van der Waals surface area contributed by atoms with Crippen LogP contribution in [-0.4, -0.2) is 21.2 Å². The van der Waals surface area contributed by atoms with Gasteiger partial charge in [0.1, 0.15) is 17.2 Å². The fourth-order valence-electron chi connectivity index (χ4n) is 1.53. The Balaban J connectivity index is 2.50. The van der Waals surface area contributed by atoms with Crippen LogP contribution in [0.15, 0.2) is 28.7 Å². The minimum absolute atomic E-state index is 0.147. The Bertz CT molecular complexity index is 542. The SMILES string of the molecule is CCc1oc(C(=O)O)nc1-c1ccc(O)cc1. The number of aryl methyl sites for hydroxylation is 1. The molecule has 88 valence electrons. The average molecular weight is 233 g/mol. The van der Waals surface area contributed by atoms with Gasteiger partial charge in [-0.1, -0.05) is 6.92 Å². The highest BCUT2D eigenvalue weighted by Crippen LogP contribution is 2.26. The van der Waals surface area contributed by atoms with Gasteiger partial charge in [0.2, 0.25) is 0 Å². The molecular weight excluding hydrogens is 222 g/mol. The van der Waals surface area contributed by atoms with Crippen LogP contribution in [0.3, 0.4) is 0 Å². The number of carboxylic acids is 1. The monoisotopic (exact) mass is 233 g/mol. The lowest BCUT2D eigenvalue weighted by molar-refractivity contribution is 0.0652. The number of phenols is 1. The van der Waals surface area contributed by atoms with E-state index in [4.69, 9.17) is 9.52 Å². The van der Waals surface area contributed by atoms with E-state index in [1.807, 2.05) is 6.92 Å². The molecule has 0 fully saturated rings. The molecule has 0 aliphatic rings. The van der Waals surface area contributed by atoms with Crippen molar-refractivity contribution in [2.45, 2.75) is 13.3 Å². The lowest BCUT2D eigenvalue weighted by atomic mass is 10.1. The number of phenolic OH excluding ortho intramolecular Hbond substituents is 1. The molecule has 5 heteroatoms. The van der Waals surface area contributed by atoms with Crippen LogP contribution in [0.5, 0.6) is 5.75 Å². The summed E-state index contributed by atoms with van der Waals surface area (Å²) in [6, 6.07) is 6.36. The maximum Gasteiger partial charge on any atom is 0.392 e. The third-order valence-corrected chi connectivity index (χ3v) is 2.34. The summed E-state index contributed by atoms with van der Waals surface area (Å²) in [6.45, 7) is 1.86. The first-order valence-corrected chi connectivity index (χ1v) is 5.14. The fraction of sp³-hybridized carbons (Fsp3) is 0.167. The Hall–Kier alpha value is -2.30. The zero-order chi connectivity index (χ0) is 12.4. The molecule has 1 aromatic heterocycles. The summed E-state index contributed by atoms with van der Waals surface area (Å²) in [5.41, 5.74) is 1.22. The Morgan fingerprint density at radius 3 is 2.53 bits per heavy atom. The van der Waals surface area contributed by atoms with Crippen molar-refractivity contribution in [3.8, 4) is 17.0 Å². The quantitative estimate of drug-likeness (QED) is 0.849. The van der Waals surface area contributed by atoms with Gasteiger partial charge in [-0.2, -0.15) is 0 Å². The van der Waals surface area contributed by atoms with Crippen LogP contribution < -0.4 is 0 Å². The first-order chi connectivity index (χ1) is 8.11. The Morgan fingerprint density at radius 1 is 1.35 bits per heavy atom. The summed E-state index contributed by atoms with van der Waals surface area (Å²) >= 11 is 0. The van der Waals surface area contributed by atoms with Crippen molar-refractivity contribution in [1.82, 2.24) is 4.98 Å². The molecule has 0 aliphatic carbocycles. The van der Waals surface area contributed by atoms with Crippen molar-refractivity contribution in [1.29, 1.82) is 0 Å². The lowest BCUT2D eigenvalue weighted by Crippen LogP contribution is -1.95. The maximum absolute atomic E-state index is 10.8. The average Bonchev–Trinajstić information content (AvgIpc) is 2.74. The molecule has 0 radical (unpaired) electrons. The standard InChI is InChI=1S/C12H11NO4/c1-2-9-10(13-11(17-9)12(15)16)7-3-5-8(14)6-4-7/h3-6,14H,2H2,1H3,(H,15,16). The number of aromatic nitrogens is 1. The number of hydrogen-bond acceptors (Lipinski definition) is 4. The zero-order valence-corrected chi connectivity index (χ0v) is 9.17. The molecule has 2 aromatic rings. The predicted molar refractivity (Wildman–Crippen MR) is 59.9 cm³/mol. The zero-order valence-electron chi connectivity index (χ0n) is 9.17. The minimum Gasteiger partial charge on any atom is -0.508 e. The summed E-state index contributed by atoms with van der Waals surface area (Å²) in [7, 11) is 0. The predicted octanol–water partition coefficient (Wildman–Crippen LogP) is 2.31. The van der Waals surface area contributed by atoms with Crippen molar-refractivity contribution in [2.75, 3.05) is 0 Å². The second kappa shape index (κ2) is 4.29. The number of benzene rings is 1. The normalized spacial score (nSPS) is 10.4. The van der Waals surface area contributed by atoms with Crippen LogP contribution in [0.25, 0.3) is 11.3 Å². The highest BCUT2D eigenvalue weighted by Gasteiger charge is 2.17. The van der Waals surface area contributed by atoms with Crippen molar-refractivity contribution in [3.05, 3.63) is 35.9 Å². The number of aromatic carboxylic acids is 1. The fourth-order valence-corrected chi connectivity index (χ4v) is 1.53. The van der Waals surface area contributed by atoms with Gasteiger partial charge < -0.3 is 14.6 Å². The molecular formula is C12H11NO4. The Morgan fingerprint density at radius 2 is 2.00 bits per heavy atom. The van der Waals surface area contributed by atoms with Crippen LogP contribution >= 0.6 is 0 Å². The van der Waals surface area contributed by atoms with E-state index in [-0.39, 0.29) is 11.6 Å². The van der Waals surface area contributed by atoms with E-state index in [0.717, 1.165) is 5.56 Å². The third kappa shape index (κ3) is 2.13. The molecule has 2 rings (SSSR count). The van der Waals surface area contributed by atoms with Gasteiger partial charge in [0.15, 0.2) is 0 Å². The molecule has 0 atom stereocenters. The molecule has 0 saturated heterocycles. The van der Waals surface area contributed by atoms with Crippen LogP contribution in [0.2, 0.25) is 0 Å². The van der Waals surface area contributed by atoms with Gasteiger partial charge in [-0.05, 0) is 24.3 Å². The van der Waals surface area contributed by atoms with Crippen molar-refractivity contribution in [3.63, 3.8) is 0 Å². The van der Waals surface area contributed by atoms with Crippen LogP contribution in [0.1, 0.15) is 23.4 Å². The number of carbonyl (C=O) groups is 1. The van der Waals surface area contributed by atoms with E-state index >= 15 is 0 Å². The van der Waals surface area contributed by atoms with Gasteiger partial charge in [0.25, 0.3) is 0 Å². The van der Waals surface area contributed by atoms with Crippen molar-refractivity contribution < 1.29 is 19.4 Å². The summed E-state index contributed by atoms with van der Waals surface area (Å²) in [5.74, 6) is -0.837. The topological polar surface area (TPSA) is 83.6 Å². The summed E-state index contributed by atoms with van der Waals surface area (Å²) in [5, 5.41) is 18.0. The molecule has 0 unspecified atom stereocenters. The number of aromatic hydroxyl groups is 1. The number of oxazole rings is 1. The van der Waals surface area contributed by atoms with Gasteiger partial charge in [-0.15, -0.1) is 0 Å². The Kier molecular flexibility index (Phi) is 2.82. The highest BCUT2D eigenvalue weighted by molar-refractivity contribution is 5.83. The molecule has 1 aromatic carbocycles. The van der Waals surface area contributed by atoms with Crippen LogP contribution in [0.4, 0.5) is 0 Å². The van der Waals surface area contributed by atoms with E-state index < -0.39 is 5.97 Å². The minimum atomic E-state index is -1.19. The van der Waals surface area contributed by atoms with Gasteiger partial charge in [0.05, 0.1) is 0 Å². The molecule has 1 heterocycles. The van der Waals surface area contributed by atoms with Crippen LogP contribution in [0, 0.1) is 0 Å². The molecule has 5 nitrogen and oxygen atoms in total. The summed E-state index contributed by atoms with van der Waals surface area (Å²) in [6.07, 6.45) is 0.552. The molecule has 0 saturated carbocycles. The molecule has 0 bridgehead atoms. The molecule has 2 N–H and O–H groups in total. The van der Waals surface area contributed by atoms with E-state index in [9.17, 15) is 9.90 Å². The number of carboxylic acid groups (broad SMARTS) is 1. The number of rotatable bonds is 3. The van der Waals surface area contributed by atoms with Gasteiger partial charge >= 0.3 is 11.9 Å². The summed E-state index contributed by atoms with van der Waals surface area (Å²) in [4.78, 5) is 14.7. The largest absolute Gasteiger partial charge is 0.508 e. The number of nitrogens with zero attached hydrogens (tertiary/aromatic N) is 1. The Labute approximate surface area is 97.3 Å². The van der Waals surface area contributed by atoms with Crippen LogP contribution in [-0.2, 0) is 6.42 Å². The molecule has 0 amide bonds. The maximum atomic E-state index is 10.8. The summed E-state index contributed by atoms with van der Waals surface area (Å²) < 4.78 is 5.14. The van der Waals surface area contributed by atoms with E-state index in [1.165, 1.54) is 12.1 Å². The second-order valence-corrected chi connectivity index (χ2v) is 3.50. The molecule has 0 aliphatic heterocycles. The number of hydrogen-bond donors (Lipinski definition) is 2. The first-order valence-electron chi connectivity index (χ1n) is 5.14. The smallest absolute Gasteiger partial charge is 0.392 e. The van der Waals surface area contributed by atoms with Gasteiger partial charge in [-0.25, -0.2) is 9.78 Å². The van der Waals surface area contributed by atoms with Crippen molar-refractivity contribution in [2.24, 2.45) is 0 Å². The van der Waals surface area contributed by atoms with E-state index in [2.05, 4.69) is 4.98 Å². The van der Waals surface area contributed by atoms with Gasteiger partial charge in [0, 0.05) is 12.0 Å². The molecule has 17 heavy (non-hydrogen) atoms. The first kappa shape index (κ1) is 11.2. The highest BCUT2D eigenvalue weighted by atomic mass is 16.4. The van der Waals surface area contributed by atoms with Crippen molar-refractivity contribution >= 4 is 5.97 Å². The second-order valence-electron chi connectivity index (χ2n) is 3.50.